The van der Waals surface area contributed by atoms with Gasteiger partial charge in [-0.15, -0.1) is 0 Å². The third-order valence-corrected chi connectivity index (χ3v) is 3.44. The van der Waals surface area contributed by atoms with Gasteiger partial charge in [0.1, 0.15) is 0 Å². The first-order valence-electron chi connectivity index (χ1n) is 6.88. The van der Waals surface area contributed by atoms with Crippen LogP contribution < -0.4 is 5.32 Å². The normalized spacial score (nSPS) is 10.8. The Bertz CT molecular complexity index is 576. The smallest absolute Gasteiger partial charge is 0.0579 e. The minimum Gasteiger partial charge on any atom is -0.367 e. The molecule has 0 saturated heterocycles. The number of H-pyrrole nitrogens is 1. The fraction of sp³-hybridized carbons (Fsp3) is 0.111. The second kappa shape index (κ2) is 6.22. The summed E-state index contributed by atoms with van der Waals surface area (Å²) in [6.07, 6.45) is 3.98. The highest BCUT2D eigenvalue weighted by molar-refractivity contribution is 5.31. The van der Waals surface area contributed by atoms with E-state index < -0.39 is 0 Å². The molecule has 100 valence electrons. The number of hydrogen-bond acceptors (Lipinski definition) is 1. The third-order valence-electron chi connectivity index (χ3n) is 3.44. The zero-order valence-electron chi connectivity index (χ0n) is 11.3. The number of rotatable bonds is 5. The first-order valence-corrected chi connectivity index (χ1v) is 6.88. The highest BCUT2D eigenvalue weighted by atomic mass is 14.9. The molecule has 0 aliphatic heterocycles. The first kappa shape index (κ1) is 12.7. The van der Waals surface area contributed by atoms with Crippen LogP contribution in [0.5, 0.6) is 0 Å². The van der Waals surface area contributed by atoms with Gasteiger partial charge in [-0.25, -0.2) is 0 Å². The molecule has 0 unspecified atom stereocenters. The topological polar surface area (TPSA) is 27.8 Å². The summed E-state index contributed by atoms with van der Waals surface area (Å²) in [5.41, 5.74) is 3.84. The maximum atomic E-state index is 3.63. The molecule has 1 heterocycles. The third kappa shape index (κ3) is 2.98. The number of aromatic amines is 1. The lowest BCUT2D eigenvalue weighted by atomic mass is 9.98. The summed E-state index contributed by atoms with van der Waals surface area (Å²) in [6.45, 7) is 0.845. The highest BCUT2D eigenvalue weighted by Gasteiger charge is 2.12. The molecule has 0 aliphatic carbocycles. The van der Waals surface area contributed by atoms with Gasteiger partial charge in [-0.1, -0.05) is 60.7 Å². The fourth-order valence-electron chi connectivity index (χ4n) is 2.41. The second-order valence-electron chi connectivity index (χ2n) is 4.85. The van der Waals surface area contributed by atoms with Gasteiger partial charge in [-0.05, 0) is 22.8 Å². The first-order chi connectivity index (χ1) is 9.93. The molecule has 0 atom stereocenters. The molecule has 2 aromatic carbocycles. The number of aromatic nitrogens is 1. The molecule has 2 heteroatoms. The van der Waals surface area contributed by atoms with Crippen LogP contribution in [0.4, 0.5) is 0 Å². The largest absolute Gasteiger partial charge is 0.367 e. The van der Waals surface area contributed by atoms with E-state index in [4.69, 9.17) is 0 Å². The van der Waals surface area contributed by atoms with Crippen molar-refractivity contribution < 1.29 is 0 Å². The van der Waals surface area contributed by atoms with Gasteiger partial charge in [-0.2, -0.15) is 0 Å². The molecular weight excluding hydrogens is 244 g/mol. The van der Waals surface area contributed by atoms with Crippen LogP contribution in [0.3, 0.4) is 0 Å². The maximum absolute atomic E-state index is 3.63. The average Bonchev–Trinajstić information content (AvgIpc) is 3.03. The van der Waals surface area contributed by atoms with Crippen LogP contribution in [0.25, 0.3) is 0 Å². The van der Waals surface area contributed by atoms with E-state index in [0.717, 1.165) is 6.54 Å². The lowest BCUT2D eigenvalue weighted by Crippen LogP contribution is -2.21. The Kier molecular flexibility index (Phi) is 3.95. The van der Waals surface area contributed by atoms with E-state index in [1.54, 1.807) is 0 Å². The Labute approximate surface area is 119 Å². The fourth-order valence-corrected chi connectivity index (χ4v) is 2.41. The van der Waals surface area contributed by atoms with E-state index in [-0.39, 0.29) is 6.04 Å². The van der Waals surface area contributed by atoms with Crippen LogP contribution >= 0.6 is 0 Å². The summed E-state index contributed by atoms with van der Waals surface area (Å²) in [6, 6.07) is 23.4. The van der Waals surface area contributed by atoms with Crippen molar-refractivity contribution in [2.45, 2.75) is 12.6 Å². The molecule has 20 heavy (non-hydrogen) atoms. The lowest BCUT2D eigenvalue weighted by Gasteiger charge is -2.19. The minimum absolute atomic E-state index is 0.215. The zero-order valence-corrected chi connectivity index (χ0v) is 11.3. The molecule has 0 bridgehead atoms. The standard InChI is InChI=1S/C18H18N2/c1-3-7-16(8-4-1)18(17-9-5-2-6-10-17)20-14-15-11-12-19-13-15/h1-13,18-20H,14H2. The summed E-state index contributed by atoms with van der Waals surface area (Å²) in [5, 5.41) is 3.63. The molecule has 0 saturated carbocycles. The van der Waals surface area contributed by atoms with E-state index in [1.807, 2.05) is 12.4 Å². The van der Waals surface area contributed by atoms with Crippen LogP contribution in [-0.4, -0.2) is 4.98 Å². The monoisotopic (exact) mass is 262 g/mol. The summed E-state index contributed by atoms with van der Waals surface area (Å²) < 4.78 is 0. The Morgan fingerprint density at radius 1 is 0.800 bits per heavy atom. The van der Waals surface area contributed by atoms with Crippen LogP contribution in [0.1, 0.15) is 22.7 Å². The SMILES string of the molecule is c1ccc(C(NCc2cc[nH]c2)c2ccccc2)cc1. The van der Waals surface area contributed by atoms with Gasteiger partial charge in [0.2, 0.25) is 0 Å². The molecular formula is C18H18N2. The zero-order chi connectivity index (χ0) is 13.6. The quantitative estimate of drug-likeness (QED) is 0.717. The van der Waals surface area contributed by atoms with Gasteiger partial charge in [0.15, 0.2) is 0 Å². The molecule has 2 nitrogen and oxygen atoms in total. The number of benzene rings is 2. The van der Waals surface area contributed by atoms with Gasteiger partial charge < -0.3 is 10.3 Å². The van der Waals surface area contributed by atoms with Crippen LogP contribution in [0.2, 0.25) is 0 Å². The molecule has 3 rings (SSSR count). The van der Waals surface area contributed by atoms with E-state index in [9.17, 15) is 0 Å². The van der Waals surface area contributed by atoms with Crippen molar-refractivity contribution in [3.8, 4) is 0 Å². The summed E-state index contributed by atoms with van der Waals surface area (Å²) in [5.74, 6) is 0. The molecule has 2 N–H and O–H groups in total. The predicted octanol–water partition coefficient (Wildman–Crippen LogP) is 3.89. The van der Waals surface area contributed by atoms with Crippen molar-refractivity contribution in [1.29, 1.82) is 0 Å². The van der Waals surface area contributed by atoms with Gasteiger partial charge in [0, 0.05) is 18.9 Å². The molecule has 0 aliphatic rings. The lowest BCUT2D eigenvalue weighted by molar-refractivity contribution is 0.605. The predicted molar refractivity (Wildman–Crippen MR) is 82.4 cm³/mol. The highest BCUT2D eigenvalue weighted by Crippen LogP contribution is 2.22. The van der Waals surface area contributed by atoms with Crippen molar-refractivity contribution in [1.82, 2.24) is 10.3 Å². The van der Waals surface area contributed by atoms with Crippen molar-refractivity contribution >= 4 is 0 Å². The van der Waals surface area contributed by atoms with Gasteiger partial charge in [0.05, 0.1) is 6.04 Å². The molecule has 0 fully saturated rings. The molecule has 0 amide bonds. The summed E-state index contributed by atoms with van der Waals surface area (Å²) in [4.78, 5) is 3.09. The molecule has 3 aromatic rings. The van der Waals surface area contributed by atoms with Crippen molar-refractivity contribution in [3.63, 3.8) is 0 Å². The summed E-state index contributed by atoms with van der Waals surface area (Å²) in [7, 11) is 0. The van der Waals surface area contributed by atoms with Crippen molar-refractivity contribution in [2.75, 3.05) is 0 Å². The Morgan fingerprint density at radius 3 is 1.90 bits per heavy atom. The second-order valence-corrected chi connectivity index (χ2v) is 4.85. The molecule has 1 aromatic heterocycles. The average molecular weight is 262 g/mol. The maximum Gasteiger partial charge on any atom is 0.0579 e. The molecule has 0 radical (unpaired) electrons. The summed E-state index contributed by atoms with van der Waals surface area (Å²) >= 11 is 0. The van der Waals surface area contributed by atoms with E-state index in [0.29, 0.717) is 0 Å². The van der Waals surface area contributed by atoms with Crippen molar-refractivity contribution in [2.24, 2.45) is 0 Å². The Hall–Kier alpha value is -2.32. The van der Waals surface area contributed by atoms with E-state index in [2.05, 4.69) is 77.0 Å². The van der Waals surface area contributed by atoms with Gasteiger partial charge >= 0.3 is 0 Å². The Morgan fingerprint density at radius 2 is 1.40 bits per heavy atom. The number of nitrogens with one attached hydrogen (secondary N) is 2. The molecule has 0 spiro atoms. The Balaban J connectivity index is 1.84. The van der Waals surface area contributed by atoms with Crippen LogP contribution in [-0.2, 0) is 6.54 Å². The van der Waals surface area contributed by atoms with E-state index in [1.165, 1.54) is 16.7 Å². The minimum atomic E-state index is 0.215. The van der Waals surface area contributed by atoms with Gasteiger partial charge in [-0.3, -0.25) is 0 Å². The number of hydrogen-bond donors (Lipinski definition) is 2. The van der Waals surface area contributed by atoms with Gasteiger partial charge in [0.25, 0.3) is 0 Å². The van der Waals surface area contributed by atoms with Crippen LogP contribution in [0.15, 0.2) is 79.1 Å². The van der Waals surface area contributed by atoms with Crippen LogP contribution in [0, 0.1) is 0 Å². The van der Waals surface area contributed by atoms with Crippen molar-refractivity contribution in [3.05, 3.63) is 95.8 Å². The van der Waals surface area contributed by atoms with E-state index >= 15 is 0 Å².